The predicted octanol–water partition coefficient (Wildman–Crippen LogP) is 4.07. The van der Waals surface area contributed by atoms with Crippen LogP contribution in [0.1, 0.15) is 23.7 Å². The van der Waals surface area contributed by atoms with Gasteiger partial charge in [0.25, 0.3) is 5.91 Å². The fourth-order valence-electron chi connectivity index (χ4n) is 1.98. The minimum Gasteiger partial charge on any atom is -0.337 e. The summed E-state index contributed by atoms with van der Waals surface area (Å²) in [5.41, 5.74) is 0.657. The van der Waals surface area contributed by atoms with E-state index in [1.807, 2.05) is 22.7 Å². The Morgan fingerprint density at radius 1 is 1.61 bits per heavy atom. The first-order valence-electron chi connectivity index (χ1n) is 5.97. The van der Waals surface area contributed by atoms with Crippen LogP contribution in [0, 0.1) is 0 Å². The second-order valence-corrected chi connectivity index (χ2v) is 6.98. The van der Waals surface area contributed by atoms with Gasteiger partial charge in [-0.15, -0.1) is 0 Å². The van der Waals surface area contributed by atoms with Crippen molar-refractivity contribution >= 4 is 45.2 Å². The van der Waals surface area contributed by atoms with Crippen molar-refractivity contribution in [3.8, 4) is 0 Å². The molecular weight excluding hydrogens is 334 g/mol. The summed E-state index contributed by atoms with van der Waals surface area (Å²) in [6.45, 7) is 3.82. The third-order valence-corrected chi connectivity index (χ3v) is 5.34. The predicted molar refractivity (Wildman–Crippen MR) is 81.6 cm³/mol. The van der Waals surface area contributed by atoms with Crippen molar-refractivity contribution in [3.63, 3.8) is 0 Å². The van der Waals surface area contributed by atoms with Gasteiger partial charge in [-0.1, -0.05) is 18.5 Å². The highest BCUT2D eigenvalue weighted by Crippen LogP contribution is 2.26. The molecule has 1 amide bonds. The fraction of sp³-hybridized carbons (Fsp3) is 0.462. The molecule has 1 aromatic rings. The van der Waals surface area contributed by atoms with E-state index in [1.165, 1.54) is 0 Å². The van der Waals surface area contributed by atoms with Gasteiger partial charge in [-0.25, -0.2) is 0 Å². The van der Waals surface area contributed by atoms with Gasteiger partial charge in [0.15, 0.2) is 0 Å². The van der Waals surface area contributed by atoms with Gasteiger partial charge in [0.1, 0.15) is 0 Å². The zero-order valence-corrected chi connectivity index (χ0v) is 13.3. The van der Waals surface area contributed by atoms with Crippen LogP contribution in [0.3, 0.4) is 0 Å². The molecule has 1 aliphatic heterocycles. The van der Waals surface area contributed by atoms with Gasteiger partial charge >= 0.3 is 0 Å². The number of nitrogens with zero attached hydrogens (tertiary/aromatic N) is 1. The molecule has 1 aromatic carbocycles. The highest BCUT2D eigenvalue weighted by Gasteiger charge is 2.25. The average molecular weight is 349 g/mol. The number of amides is 1. The summed E-state index contributed by atoms with van der Waals surface area (Å²) in [6.07, 6.45) is 1.10. The average Bonchev–Trinajstić information content (AvgIpc) is 2.41. The first kappa shape index (κ1) is 14.2. The Kier molecular flexibility index (Phi) is 4.98. The molecule has 2 rings (SSSR count). The van der Waals surface area contributed by atoms with Gasteiger partial charge in [0.2, 0.25) is 0 Å². The molecule has 0 bridgehead atoms. The van der Waals surface area contributed by atoms with Gasteiger partial charge < -0.3 is 4.90 Å². The molecule has 18 heavy (non-hydrogen) atoms. The number of carbonyl (C=O) groups excluding carboxylic acids is 1. The van der Waals surface area contributed by atoms with E-state index in [0.29, 0.717) is 15.8 Å². The Balaban J connectivity index is 2.17. The first-order chi connectivity index (χ1) is 8.61. The molecule has 0 saturated carbocycles. The van der Waals surface area contributed by atoms with E-state index in [9.17, 15) is 4.79 Å². The summed E-state index contributed by atoms with van der Waals surface area (Å²) in [6, 6.07) is 5.34. The standard InChI is InChI=1S/C13H15BrClNOS/c1-2-10-8-16(5-6-18-10)13(17)11-7-9(15)3-4-12(11)14/h3-4,7,10H,2,5-6,8H2,1H3. The summed E-state index contributed by atoms with van der Waals surface area (Å²) in [7, 11) is 0. The summed E-state index contributed by atoms with van der Waals surface area (Å²) in [5.74, 6) is 1.09. The summed E-state index contributed by atoms with van der Waals surface area (Å²) < 4.78 is 0.808. The molecule has 1 saturated heterocycles. The quantitative estimate of drug-likeness (QED) is 0.803. The number of thioether (sulfide) groups is 1. The van der Waals surface area contributed by atoms with Crippen LogP contribution in [0.4, 0.5) is 0 Å². The third kappa shape index (κ3) is 3.22. The summed E-state index contributed by atoms with van der Waals surface area (Å²) in [4.78, 5) is 14.4. The van der Waals surface area contributed by atoms with Gasteiger partial charge in [0, 0.05) is 33.6 Å². The molecule has 1 unspecified atom stereocenters. The number of hydrogen-bond acceptors (Lipinski definition) is 2. The van der Waals surface area contributed by atoms with E-state index in [2.05, 4.69) is 22.9 Å². The number of halogens is 2. The van der Waals surface area contributed by atoms with E-state index in [0.717, 1.165) is 29.7 Å². The van der Waals surface area contributed by atoms with Gasteiger partial charge in [0.05, 0.1) is 5.56 Å². The lowest BCUT2D eigenvalue weighted by atomic mass is 10.2. The van der Waals surface area contributed by atoms with E-state index in [1.54, 1.807) is 12.1 Å². The zero-order chi connectivity index (χ0) is 13.1. The number of rotatable bonds is 2. The van der Waals surface area contributed by atoms with Crippen LogP contribution < -0.4 is 0 Å². The van der Waals surface area contributed by atoms with Crippen molar-refractivity contribution in [1.82, 2.24) is 4.90 Å². The van der Waals surface area contributed by atoms with Crippen molar-refractivity contribution in [2.75, 3.05) is 18.8 Å². The topological polar surface area (TPSA) is 20.3 Å². The summed E-state index contributed by atoms with van der Waals surface area (Å²) in [5, 5.41) is 1.15. The zero-order valence-electron chi connectivity index (χ0n) is 10.2. The maximum Gasteiger partial charge on any atom is 0.255 e. The second kappa shape index (κ2) is 6.31. The van der Waals surface area contributed by atoms with Crippen molar-refractivity contribution in [3.05, 3.63) is 33.3 Å². The van der Waals surface area contributed by atoms with Crippen LogP contribution in [0.15, 0.2) is 22.7 Å². The largest absolute Gasteiger partial charge is 0.337 e. The Morgan fingerprint density at radius 2 is 2.39 bits per heavy atom. The third-order valence-electron chi connectivity index (χ3n) is 3.04. The minimum absolute atomic E-state index is 0.0723. The normalized spacial score (nSPS) is 19.9. The maximum atomic E-state index is 12.5. The van der Waals surface area contributed by atoms with Crippen LogP contribution in [-0.2, 0) is 0 Å². The van der Waals surface area contributed by atoms with E-state index >= 15 is 0 Å². The Hall–Kier alpha value is -0.190. The van der Waals surface area contributed by atoms with Crippen LogP contribution in [0.25, 0.3) is 0 Å². The van der Waals surface area contributed by atoms with Crippen molar-refractivity contribution < 1.29 is 4.79 Å². The minimum atomic E-state index is 0.0723. The molecule has 0 radical (unpaired) electrons. The maximum absolute atomic E-state index is 12.5. The monoisotopic (exact) mass is 347 g/mol. The number of hydrogen-bond donors (Lipinski definition) is 0. The molecule has 1 atom stereocenters. The second-order valence-electron chi connectivity index (χ2n) is 4.28. The van der Waals surface area contributed by atoms with Crippen molar-refractivity contribution in [1.29, 1.82) is 0 Å². The smallest absolute Gasteiger partial charge is 0.255 e. The lowest BCUT2D eigenvalue weighted by Gasteiger charge is -2.32. The first-order valence-corrected chi connectivity index (χ1v) is 8.19. The number of carbonyl (C=O) groups is 1. The van der Waals surface area contributed by atoms with Crippen LogP contribution >= 0.6 is 39.3 Å². The van der Waals surface area contributed by atoms with Crippen molar-refractivity contribution in [2.45, 2.75) is 18.6 Å². The lowest BCUT2D eigenvalue weighted by molar-refractivity contribution is 0.0760. The molecule has 0 aliphatic carbocycles. The summed E-state index contributed by atoms with van der Waals surface area (Å²) >= 11 is 11.3. The highest BCUT2D eigenvalue weighted by molar-refractivity contribution is 9.10. The van der Waals surface area contributed by atoms with E-state index < -0.39 is 0 Å². The number of benzene rings is 1. The molecular formula is C13H15BrClNOS. The highest BCUT2D eigenvalue weighted by atomic mass is 79.9. The van der Waals surface area contributed by atoms with Crippen LogP contribution in [0.2, 0.25) is 5.02 Å². The molecule has 5 heteroatoms. The Bertz CT molecular complexity index is 455. The molecule has 0 aromatic heterocycles. The Labute approximate surface area is 125 Å². The van der Waals surface area contributed by atoms with Gasteiger partial charge in [-0.2, -0.15) is 11.8 Å². The van der Waals surface area contributed by atoms with Gasteiger partial charge in [-0.05, 0) is 40.5 Å². The molecule has 1 aliphatic rings. The molecule has 98 valence electrons. The van der Waals surface area contributed by atoms with E-state index in [4.69, 9.17) is 11.6 Å². The van der Waals surface area contributed by atoms with Gasteiger partial charge in [-0.3, -0.25) is 4.79 Å². The molecule has 1 fully saturated rings. The van der Waals surface area contributed by atoms with Crippen LogP contribution in [-0.4, -0.2) is 34.9 Å². The van der Waals surface area contributed by atoms with E-state index in [-0.39, 0.29) is 5.91 Å². The SMILES string of the molecule is CCC1CN(C(=O)c2cc(Cl)ccc2Br)CCS1. The van der Waals surface area contributed by atoms with Crippen LogP contribution in [0.5, 0.6) is 0 Å². The van der Waals surface area contributed by atoms with Crippen molar-refractivity contribution in [2.24, 2.45) is 0 Å². The molecule has 0 spiro atoms. The molecule has 0 N–H and O–H groups in total. The molecule has 2 nitrogen and oxygen atoms in total. The Morgan fingerprint density at radius 3 is 3.11 bits per heavy atom. The lowest BCUT2D eigenvalue weighted by Crippen LogP contribution is -2.41. The fourth-order valence-corrected chi connectivity index (χ4v) is 3.75. The molecule has 1 heterocycles.